The third kappa shape index (κ3) is 2.11. The lowest BCUT2D eigenvalue weighted by Crippen LogP contribution is -2.41. The normalized spacial score (nSPS) is 28.4. The average Bonchev–Trinajstić information content (AvgIpc) is 3.10. The highest BCUT2D eigenvalue weighted by molar-refractivity contribution is 6.09. The Hall–Kier alpha value is -1.84. The predicted molar refractivity (Wildman–Crippen MR) is 75.0 cm³/mol. The van der Waals surface area contributed by atoms with Gasteiger partial charge in [0.2, 0.25) is 0 Å². The molecular formula is C15H19N3O. The second-order valence-electron chi connectivity index (χ2n) is 5.73. The number of guanidine groups is 1. The quantitative estimate of drug-likeness (QED) is 0.848. The number of aliphatic imine (C=N–C) groups is 1. The number of rotatable bonds is 2. The molecule has 0 aromatic heterocycles. The summed E-state index contributed by atoms with van der Waals surface area (Å²) in [6, 6.07) is 6.58. The summed E-state index contributed by atoms with van der Waals surface area (Å²) in [4.78, 5) is 16.8. The van der Waals surface area contributed by atoms with Gasteiger partial charge in [0.25, 0.3) is 5.91 Å². The number of hydrogen-bond donors (Lipinski definition) is 2. The van der Waals surface area contributed by atoms with Gasteiger partial charge in [-0.15, -0.1) is 0 Å². The summed E-state index contributed by atoms with van der Waals surface area (Å²) in [5.74, 6) is 0.594. The Morgan fingerprint density at radius 1 is 1.32 bits per heavy atom. The van der Waals surface area contributed by atoms with Crippen molar-refractivity contribution in [3.05, 3.63) is 34.9 Å². The standard InChI is InChI=1S/C15H19N3O/c1-9-4-5-10(2)12(8-9)15(3)13(19)17-14(18-15)16-11-6-7-11/h4-5,8,11H,6-7H2,1-3H3,(H2,16,17,18,19). The minimum absolute atomic E-state index is 0.0272. The maximum absolute atomic E-state index is 12.3. The van der Waals surface area contributed by atoms with Gasteiger partial charge in [-0.2, -0.15) is 0 Å². The van der Waals surface area contributed by atoms with E-state index >= 15 is 0 Å². The first-order valence-electron chi connectivity index (χ1n) is 6.74. The third-order valence-corrected chi connectivity index (χ3v) is 3.84. The summed E-state index contributed by atoms with van der Waals surface area (Å²) in [6.07, 6.45) is 2.25. The predicted octanol–water partition coefficient (Wildman–Crippen LogP) is 1.76. The molecule has 1 saturated heterocycles. The number of nitrogens with one attached hydrogen (secondary N) is 2. The smallest absolute Gasteiger partial charge is 0.256 e. The highest BCUT2D eigenvalue weighted by Gasteiger charge is 2.43. The van der Waals surface area contributed by atoms with Gasteiger partial charge < -0.3 is 5.32 Å². The first-order valence-corrected chi connectivity index (χ1v) is 6.74. The molecule has 2 fully saturated rings. The molecular weight excluding hydrogens is 238 g/mol. The van der Waals surface area contributed by atoms with Gasteiger partial charge in [0, 0.05) is 0 Å². The Labute approximate surface area is 113 Å². The van der Waals surface area contributed by atoms with E-state index in [1.165, 1.54) is 0 Å². The van der Waals surface area contributed by atoms with Crippen LogP contribution in [0.1, 0.15) is 36.5 Å². The van der Waals surface area contributed by atoms with Gasteiger partial charge in [-0.25, -0.2) is 4.99 Å². The number of benzene rings is 1. The van der Waals surface area contributed by atoms with E-state index < -0.39 is 5.54 Å². The fraction of sp³-hybridized carbons (Fsp3) is 0.467. The van der Waals surface area contributed by atoms with Gasteiger partial charge in [-0.1, -0.05) is 23.8 Å². The number of aryl methyl sites for hydroxylation is 2. The average molecular weight is 257 g/mol. The van der Waals surface area contributed by atoms with Crippen molar-refractivity contribution in [1.82, 2.24) is 10.6 Å². The molecule has 1 amide bonds. The largest absolute Gasteiger partial charge is 0.338 e. The topological polar surface area (TPSA) is 53.5 Å². The Bertz CT molecular complexity index is 575. The lowest BCUT2D eigenvalue weighted by molar-refractivity contribution is -0.123. The lowest BCUT2D eigenvalue weighted by atomic mass is 9.87. The maximum Gasteiger partial charge on any atom is 0.256 e. The van der Waals surface area contributed by atoms with Crippen LogP contribution < -0.4 is 10.6 Å². The van der Waals surface area contributed by atoms with Crippen LogP contribution >= 0.6 is 0 Å². The van der Waals surface area contributed by atoms with Crippen molar-refractivity contribution in [2.75, 3.05) is 0 Å². The first-order chi connectivity index (χ1) is 8.99. The minimum Gasteiger partial charge on any atom is -0.338 e. The SMILES string of the molecule is Cc1ccc(C)c(C2(C)NC(=NC3CC3)NC2=O)c1. The molecule has 100 valence electrons. The molecule has 1 aliphatic carbocycles. The molecule has 1 aromatic carbocycles. The van der Waals surface area contributed by atoms with Gasteiger partial charge in [-0.05, 0) is 44.7 Å². The van der Waals surface area contributed by atoms with Gasteiger partial charge in [-0.3, -0.25) is 10.1 Å². The zero-order valence-electron chi connectivity index (χ0n) is 11.6. The van der Waals surface area contributed by atoms with Crippen LogP contribution in [0.5, 0.6) is 0 Å². The Balaban J connectivity index is 1.98. The van der Waals surface area contributed by atoms with Gasteiger partial charge in [0.05, 0.1) is 6.04 Å². The van der Waals surface area contributed by atoms with E-state index in [1.54, 1.807) is 0 Å². The van der Waals surface area contributed by atoms with Crippen LogP contribution in [0.2, 0.25) is 0 Å². The van der Waals surface area contributed by atoms with E-state index in [1.807, 2.05) is 20.8 Å². The summed E-state index contributed by atoms with van der Waals surface area (Å²) in [5.41, 5.74) is 2.57. The van der Waals surface area contributed by atoms with E-state index in [2.05, 4.69) is 33.8 Å². The fourth-order valence-electron chi connectivity index (χ4n) is 2.47. The Kier molecular flexibility index (Phi) is 2.62. The van der Waals surface area contributed by atoms with E-state index in [4.69, 9.17) is 0 Å². The summed E-state index contributed by atoms with van der Waals surface area (Å²) in [7, 11) is 0. The van der Waals surface area contributed by atoms with Gasteiger partial charge in [0.15, 0.2) is 5.96 Å². The van der Waals surface area contributed by atoms with Crippen LogP contribution in [0.15, 0.2) is 23.2 Å². The van der Waals surface area contributed by atoms with Crippen molar-refractivity contribution in [3.8, 4) is 0 Å². The molecule has 1 heterocycles. The van der Waals surface area contributed by atoms with Crippen LogP contribution in [-0.2, 0) is 10.3 Å². The van der Waals surface area contributed by atoms with Gasteiger partial charge >= 0.3 is 0 Å². The summed E-state index contributed by atoms with van der Waals surface area (Å²) < 4.78 is 0. The fourth-order valence-corrected chi connectivity index (χ4v) is 2.47. The summed E-state index contributed by atoms with van der Waals surface area (Å²) in [6.45, 7) is 5.99. The number of hydrogen-bond acceptors (Lipinski definition) is 2. The highest BCUT2D eigenvalue weighted by atomic mass is 16.2. The van der Waals surface area contributed by atoms with Crippen molar-refractivity contribution >= 4 is 11.9 Å². The first kappa shape index (κ1) is 12.2. The molecule has 1 unspecified atom stereocenters. The molecule has 19 heavy (non-hydrogen) atoms. The molecule has 3 rings (SSSR count). The van der Waals surface area contributed by atoms with E-state index in [0.29, 0.717) is 12.0 Å². The Morgan fingerprint density at radius 2 is 2.05 bits per heavy atom. The molecule has 1 aliphatic heterocycles. The van der Waals surface area contributed by atoms with Crippen molar-refractivity contribution in [2.45, 2.75) is 45.2 Å². The van der Waals surface area contributed by atoms with Crippen LogP contribution in [-0.4, -0.2) is 17.9 Å². The molecule has 2 aliphatic rings. The number of amides is 1. The molecule has 0 bridgehead atoms. The van der Waals surface area contributed by atoms with Crippen LogP contribution in [0, 0.1) is 13.8 Å². The zero-order valence-corrected chi connectivity index (χ0v) is 11.6. The van der Waals surface area contributed by atoms with Crippen molar-refractivity contribution in [1.29, 1.82) is 0 Å². The van der Waals surface area contributed by atoms with E-state index in [-0.39, 0.29) is 5.91 Å². The molecule has 0 spiro atoms. The monoisotopic (exact) mass is 257 g/mol. The third-order valence-electron chi connectivity index (χ3n) is 3.84. The Morgan fingerprint density at radius 3 is 2.74 bits per heavy atom. The number of carbonyl (C=O) groups is 1. The van der Waals surface area contributed by atoms with Gasteiger partial charge in [0.1, 0.15) is 5.54 Å². The lowest BCUT2D eigenvalue weighted by Gasteiger charge is -2.24. The van der Waals surface area contributed by atoms with Crippen LogP contribution in [0.3, 0.4) is 0 Å². The molecule has 4 nitrogen and oxygen atoms in total. The molecule has 1 aromatic rings. The minimum atomic E-state index is -0.718. The second kappa shape index (κ2) is 4.08. The molecule has 2 N–H and O–H groups in total. The maximum atomic E-state index is 12.3. The summed E-state index contributed by atoms with van der Waals surface area (Å²) in [5, 5.41) is 6.12. The van der Waals surface area contributed by atoms with Crippen LogP contribution in [0.25, 0.3) is 0 Å². The zero-order chi connectivity index (χ0) is 13.6. The number of carbonyl (C=O) groups excluding carboxylic acids is 1. The highest BCUT2D eigenvalue weighted by Crippen LogP contribution is 2.29. The van der Waals surface area contributed by atoms with E-state index in [9.17, 15) is 4.79 Å². The van der Waals surface area contributed by atoms with Crippen molar-refractivity contribution < 1.29 is 4.79 Å². The van der Waals surface area contributed by atoms with E-state index in [0.717, 1.165) is 29.5 Å². The molecule has 1 atom stereocenters. The number of nitrogens with zero attached hydrogens (tertiary/aromatic N) is 1. The molecule has 4 heteroatoms. The van der Waals surface area contributed by atoms with Crippen molar-refractivity contribution in [2.24, 2.45) is 4.99 Å². The van der Waals surface area contributed by atoms with Crippen LogP contribution in [0.4, 0.5) is 0 Å². The second-order valence-corrected chi connectivity index (χ2v) is 5.73. The molecule has 1 saturated carbocycles. The van der Waals surface area contributed by atoms with Crippen molar-refractivity contribution in [3.63, 3.8) is 0 Å². The summed E-state index contributed by atoms with van der Waals surface area (Å²) >= 11 is 0. The molecule has 0 radical (unpaired) electrons.